The van der Waals surface area contributed by atoms with Crippen molar-refractivity contribution in [1.29, 1.82) is 0 Å². The highest BCUT2D eigenvalue weighted by Gasteiger charge is 2.23. The first-order valence-electron chi connectivity index (χ1n) is 6.18. The van der Waals surface area contributed by atoms with Crippen LogP contribution in [0.1, 0.15) is 19.4 Å². The van der Waals surface area contributed by atoms with Crippen LogP contribution in [-0.2, 0) is 11.3 Å². The lowest BCUT2D eigenvalue weighted by Crippen LogP contribution is -2.48. The molecule has 2 N–H and O–H groups in total. The molecule has 0 radical (unpaired) electrons. The molecular weight excluding hydrogens is 264 g/mol. The van der Waals surface area contributed by atoms with E-state index < -0.39 is 5.54 Å². The van der Waals surface area contributed by atoms with E-state index in [0.29, 0.717) is 11.6 Å². The van der Waals surface area contributed by atoms with Gasteiger partial charge in [-0.05, 0) is 38.6 Å². The van der Waals surface area contributed by atoms with E-state index in [9.17, 15) is 9.90 Å². The third-order valence-corrected chi connectivity index (χ3v) is 3.46. The number of carbonyl (C=O) groups is 1. The zero-order valence-corrected chi connectivity index (χ0v) is 12.4. The summed E-state index contributed by atoms with van der Waals surface area (Å²) in [4.78, 5) is 13.6. The number of nitrogens with zero attached hydrogens (tertiary/aromatic N) is 1. The van der Waals surface area contributed by atoms with Crippen LogP contribution < -0.4 is 5.32 Å². The van der Waals surface area contributed by atoms with Crippen molar-refractivity contribution in [2.45, 2.75) is 25.9 Å². The van der Waals surface area contributed by atoms with Crippen LogP contribution in [0, 0.1) is 0 Å². The van der Waals surface area contributed by atoms with E-state index >= 15 is 0 Å². The second-order valence-corrected chi connectivity index (χ2v) is 5.67. The average molecular weight is 285 g/mol. The molecule has 0 aliphatic carbocycles. The molecule has 106 valence electrons. The summed E-state index contributed by atoms with van der Waals surface area (Å²) in [5.41, 5.74) is 0.597. The quantitative estimate of drug-likeness (QED) is 0.835. The van der Waals surface area contributed by atoms with Crippen LogP contribution in [0.25, 0.3) is 0 Å². The van der Waals surface area contributed by atoms with E-state index in [2.05, 4.69) is 5.32 Å². The molecule has 0 bridgehead atoms. The van der Waals surface area contributed by atoms with Gasteiger partial charge < -0.3 is 10.4 Å². The number of halogens is 1. The highest BCUT2D eigenvalue weighted by molar-refractivity contribution is 6.30. The fraction of sp³-hybridized carbons (Fsp3) is 0.500. The van der Waals surface area contributed by atoms with Crippen molar-refractivity contribution < 1.29 is 9.90 Å². The second-order valence-electron chi connectivity index (χ2n) is 5.23. The van der Waals surface area contributed by atoms with Crippen molar-refractivity contribution in [3.05, 3.63) is 34.9 Å². The molecule has 0 saturated carbocycles. The molecule has 0 atom stereocenters. The lowest BCUT2D eigenvalue weighted by atomic mass is 10.1. The Kier molecular flexibility index (Phi) is 5.79. The lowest BCUT2D eigenvalue weighted by molar-refractivity contribution is -0.123. The average Bonchev–Trinajstić information content (AvgIpc) is 2.38. The number of aliphatic hydroxyl groups excluding tert-OH is 1. The summed E-state index contributed by atoms with van der Waals surface area (Å²) in [6.07, 6.45) is 0. The van der Waals surface area contributed by atoms with E-state index in [1.54, 1.807) is 12.1 Å². The summed E-state index contributed by atoms with van der Waals surface area (Å²) in [6.45, 7) is 4.51. The van der Waals surface area contributed by atoms with Crippen LogP contribution in [0.15, 0.2) is 24.3 Å². The van der Waals surface area contributed by atoms with Gasteiger partial charge in [-0.3, -0.25) is 9.69 Å². The van der Waals surface area contributed by atoms with Crippen LogP contribution in [0.5, 0.6) is 0 Å². The van der Waals surface area contributed by atoms with Crippen LogP contribution in [-0.4, -0.2) is 41.7 Å². The lowest BCUT2D eigenvalue weighted by Gasteiger charge is -2.33. The van der Waals surface area contributed by atoms with Gasteiger partial charge in [-0.15, -0.1) is 0 Å². The van der Waals surface area contributed by atoms with Crippen LogP contribution in [0.4, 0.5) is 0 Å². The maximum atomic E-state index is 11.8. The predicted octanol–water partition coefficient (Wildman–Crippen LogP) is 1.66. The molecule has 0 heterocycles. The predicted molar refractivity (Wildman–Crippen MR) is 77.1 cm³/mol. The molecule has 1 rings (SSSR count). The van der Waals surface area contributed by atoms with Crippen LogP contribution in [0.3, 0.4) is 0 Å². The highest BCUT2D eigenvalue weighted by Crippen LogP contribution is 2.11. The van der Waals surface area contributed by atoms with Gasteiger partial charge >= 0.3 is 0 Å². The molecule has 1 amide bonds. The monoisotopic (exact) mass is 284 g/mol. The second kappa shape index (κ2) is 6.89. The van der Waals surface area contributed by atoms with Gasteiger partial charge in [-0.25, -0.2) is 0 Å². The van der Waals surface area contributed by atoms with Crippen molar-refractivity contribution in [3.8, 4) is 0 Å². The van der Waals surface area contributed by atoms with E-state index in [4.69, 9.17) is 11.6 Å². The first-order valence-corrected chi connectivity index (χ1v) is 6.56. The molecule has 0 unspecified atom stereocenters. The Balaban J connectivity index is 2.42. The zero-order valence-electron chi connectivity index (χ0n) is 11.6. The molecule has 0 aromatic heterocycles. The van der Waals surface area contributed by atoms with Crippen molar-refractivity contribution in [2.75, 3.05) is 20.2 Å². The molecular formula is C14H21ClN2O2. The largest absolute Gasteiger partial charge is 0.394 e. The minimum Gasteiger partial charge on any atom is -0.394 e. The summed E-state index contributed by atoms with van der Waals surface area (Å²) < 4.78 is 0. The Morgan fingerprint density at radius 2 is 1.95 bits per heavy atom. The maximum absolute atomic E-state index is 11.8. The van der Waals surface area contributed by atoms with Crippen LogP contribution in [0.2, 0.25) is 5.02 Å². The summed E-state index contributed by atoms with van der Waals surface area (Å²) in [7, 11) is 1.82. The van der Waals surface area contributed by atoms with Gasteiger partial charge in [0.05, 0.1) is 13.2 Å². The number of nitrogens with one attached hydrogen (secondary N) is 1. The maximum Gasteiger partial charge on any atom is 0.234 e. The first kappa shape index (κ1) is 16.0. The van der Waals surface area contributed by atoms with Gasteiger partial charge in [0.15, 0.2) is 0 Å². The number of aliphatic hydroxyl groups is 1. The molecule has 0 saturated heterocycles. The summed E-state index contributed by atoms with van der Waals surface area (Å²) >= 11 is 5.79. The summed E-state index contributed by atoms with van der Waals surface area (Å²) in [5, 5.41) is 12.7. The zero-order chi connectivity index (χ0) is 14.5. The van der Waals surface area contributed by atoms with E-state index in [1.165, 1.54) is 0 Å². The molecule has 0 aliphatic rings. The third-order valence-electron chi connectivity index (χ3n) is 3.20. The molecule has 5 heteroatoms. The van der Waals surface area contributed by atoms with E-state index in [-0.39, 0.29) is 19.1 Å². The summed E-state index contributed by atoms with van der Waals surface area (Å²) in [5.74, 6) is -0.0704. The molecule has 1 aromatic carbocycles. The number of amides is 1. The molecule has 0 spiro atoms. The number of hydrogen-bond donors (Lipinski definition) is 2. The van der Waals surface area contributed by atoms with Crippen molar-refractivity contribution >= 4 is 17.5 Å². The highest BCUT2D eigenvalue weighted by atomic mass is 35.5. The van der Waals surface area contributed by atoms with Crippen LogP contribution >= 0.6 is 11.6 Å². The SMILES string of the molecule is CN(CC(=O)NCc1ccc(Cl)cc1)C(C)(C)CO. The van der Waals surface area contributed by atoms with Gasteiger partial charge in [-0.1, -0.05) is 23.7 Å². The normalized spacial score (nSPS) is 11.7. The number of rotatable bonds is 6. The smallest absolute Gasteiger partial charge is 0.234 e. The molecule has 0 fully saturated rings. The minimum atomic E-state index is -0.405. The van der Waals surface area contributed by atoms with Crippen molar-refractivity contribution in [1.82, 2.24) is 10.2 Å². The van der Waals surface area contributed by atoms with Gasteiger partial charge in [0, 0.05) is 17.1 Å². The number of benzene rings is 1. The van der Waals surface area contributed by atoms with Gasteiger partial charge in [0.1, 0.15) is 0 Å². The number of carbonyl (C=O) groups excluding carboxylic acids is 1. The summed E-state index contributed by atoms with van der Waals surface area (Å²) in [6, 6.07) is 7.35. The van der Waals surface area contributed by atoms with Gasteiger partial charge in [-0.2, -0.15) is 0 Å². The molecule has 4 nitrogen and oxygen atoms in total. The Morgan fingerprint density at radius 3 is 2.47 bits per heavy atom. The van der Waals surface area contributed by atoms with Gasteiger partial charge in [0.2, 0.25) is 5.91 Å². The fourth-order valence-corrected chi connectivity index (χ4v) is 1.53. The first-order chi connectivity index (χ1) is 8.85. The molecule has 19 heavy (non-hydrogen) atoms. The number of hydrogen-bond acceptors (Lipinski definition) is 3. The van der Waals surface area contributed by atoms with Crippen molar-refractivity contribution in [3.63, 3.8) is 0 Å². The third kappa shape index (κ3) is 5.19. The molecule has 0 aliphatic heterocycles. The molecule has 1 aromatic rings. The van der Waals surface area contributed by atoms with Crippen molar-refractivity contribution in [2.24, 2.45) is 0 Å². The van der Waals surface area contributed by atoms with E-state index in [1.807, 2.05) is 37.9 Å². The Labute approximate surface area is 119 Å². The Hall–Kier alpha value is -1.10. The standard InChI is InChI=1S/C14H21ClN2O2/c1-14(2,10-18)17(3)9-13(19)16-8-11-4-6-12(15)7-5-11/h4-7,18H,8-10H2,1-3H3,(H,16,19). The Bertz CT molecular complexity index is 418. The minimum absolute atomic E-state index is 0.00790. The topological polar surface area (TPSA) is 52.6 Å². The van der Waals surface area contributed by atoms with Gasteiger partial charge in [0.25, 0.3) is 0 Å². The van der Waals surface area contributed by atoms with E-state index in [0.717, 1.165) is 5.56 Å². The fourth-order valence-electron chi connectivity index (χ4n) is 1.41. The Morgan fingerprint density at radius 1 is 1.37 bits per heavy atom. The number of likely N-dealkylation sites (N-methyl/N-ethyl adjacent to an activating group) is 1.